The van der Waals surface area contributed by atoms with E-state index >= 15 is 0 Å². The molecule has 0 aliphatic heterocycles. The van der Waals surface area contributed by atoms with Crippen molar-refractivity contribution in [2.24, 2.45) is 5.92 Å². The Morgan fingerprint density at radius 2 is 1.76 bits per heavy atom. The number of rotatable bonds is 4. The van der Waals surface area contributed by atoms with Crippen molar-refractivity contribution in [1.82, 2.24) is 5.32 Å². The summed E-state index contributed by atoms with van der Waals surface area (Å²) < 4.78 is 38.5. The van der Waals surface area contributed by atoms with Gasteiger partial charge in [0.05, 0.1) is 5.56 Å². The Morgan fingerprint density at radius 3 is 2.29 bits per heavy atom. The molecule has 0 aromatic heterocycles. The molecule has 96 valence electrons. The van der Waals surface area contributed by atoms with Gasteiger partial charge in [0, 0.05) is 0 Å². The molecule has 1 rings (SSSR count). The second kappa shape index (κ2) is 5.54. The standard InChI is InChI=1S/C13H18F3N/c1-9(8-17-3)10(2)11-6-4-5-7-12(11)13(14,15)16/h4-7,9-10,17H,8H2,1-3H3. The lowest BCUT2D eigenvalue weighted by Gasteiger charge is -2.23. The van der Waals surface area contributed by atoms with Crippen LogP contribution in [0.1, 0.15) is 30.9 Å². The van der Waals surface area contributed by atoms with Crippen molar-refractivity contribution in [1.29, 1.82) is 0 Å². The first-order valence-electron chi connectivity index (χ1n) is 5.68. The minimum atomic E-state index is -4.27. The van der Waals surface area contributed by atoms with E-state index in [2.05, 4.69) is 5.32 Å². The molecule has 4 heteroatoms. The predicted octanol–water partition coefficient (Wildman–Crippen LogP) is 3.66. The molecule has 0 heterocycles. The van der Waals surface area contributed by atoms with E-state index in [-0.39, 0.29) is 11.8 Å². The third-order valence-corrected chi connectivity index (χ3v) is 3.14. The topological polar surface area (TPSA) is 12.0 Å². The average molecular weight is 245 g/mol. The Kier molecular flexibility index (Phi) is 4.57. The summed E-state index contributed by atoms with van der Waals surface area (Å²) in [6.07, 6.45) is -4.27. The molecule has 1 aromatic rings. The highest BCUT2D eigenvalue weighted by atomic mass is 19.4. The van der Waals surface area contributed by atoms with Gasteiger partial charge in [-0.15, -0.1) is 0 Å². The van der Waals surface area contributed by atoms with E-state index in [4.69, 9.17) is 0 Å². The van der Waals surface area contributed by atoms with E-state index in [1.807, 2.05) is 13.8 Å². The summed E-state index contributed by atoms with van der Waals surface area (Å²) in [5.74, 6) is 0.0313. The highest BCUT2D eigenvalue weighted by Gasteiger charge is 2.34. The molecule has 0 amide bonds. The normalized spacial score (nSPS) is 15.6. The minimum absolute atomic E-state index is 0.125. The lowest BCUT2D eigenvalue weighted by atomic mass is 9.86. The van der Waals surface area contributed by atoms with Crippen molar-refractivity contribution < 1.29 is 13.2 Å². The van der Waals surface area contributed by atoms with Crippen molar-refractivity contribution in [3.8, 4) is 0 Å². The van der Waals surface area contributed by atoms with Gasteiger partial charge in [0.2, 0.25) is 0 Å². The molecule has 0 aliphatic rings. The van der Waals surface area contributed by atoms with Crippen LogP contribution in [0, 0.1) is 5.92 Å². The molecule has 0 fully saturated rings. The molecule has 0 spiro atoms. The summed E-state index contributed by atoms with van der Waals surface area (Å²) in [7, 11) is 1.80. The summed E-state index contributed by atoms with van der Waals surface area (Å²) in [6, 6.07) is 5.81. The highest BCUT2D eigenvalue weighted by molar-refractivity contribution is 5.32. The van der Waals surface area contributed by atoms with E-state index < -0.39 is 11.7 Å². The summed E-state index contributed by atoms with van der Waals surface area (Å²) in [5.41, 5.74) is -0.141. The van der Waals surface area contributed by atoms with E-state index in [1.165, 1.54) is 6.07 Å². The van der Waals surface area contributed by atoms with Crippen LogP contribution in [0.5, 0.6) is 0 Å². The van der Waals surface area contributed by atoms with Crippen LogP contribution in [0.2, 0.25) is 0 Å². The molecule has 1 N–H and O–H groups in total. The van der Waals surface area contributed by atoms with Crippen LogP contribution >= 0.6 is 0 Å². The lowest BCUT2D eigenvalue weighted by molar-refractivity contribution is -0.138. The monoisotopic (exact) mass is 245 g/mol. The third kappa shape index (κ3) is 3.46. The van der Waals surface area contributed by atoms with Gasteiger partial charge in [-0.05, 0) is 37.1 Å². The Labute approximate surface area is 100 Å². The zero-order chi connectivity index (χ0) is 13.1. The molecule has 0 bridgehead atoms. The van der Waals surface area contributed by atoms with Gasteiger partial charge < -0.3 is 5.32 Å². The molecule has 0 saturated carbocycles. The second-order valence-corrected chi connectivity index (χ2v) is 4.41. The number of hydrogen-bond donors (Lipinski definition) is 1. The van der Waals surface area contributed by atoms with Gasteiger partial charge in [-0.25, -0.2) is 0 Å². The maximum Gasteiger partial charge on any atom is 0.416 e. The van der Waals surface area contributed by atoms with E-state index in [0.717, 1.165) is 6.07 Å². The smallest absolute Gasteiger partial charge is 0.319 e. The fraction of sp³-hybridized carbons (Fsp3) is 0.538. The fourth-order valence-corrected chi connectivity index (χ4v) is 1.96. The average Bonchev–Trinajstić information content (AvgIpc) is 2.27. The van der Waals surface area contributed by atoms with Crippen molar-refractivity contribution in [2.75, 3.05) is 13.6 Å². The van der Waals surface area contributed by atoms with Crippen LogP contribution in [0.3, 0.4) is 0 Å². The number of alkyl halides is 3. The van der Waals surface area contributed by atoms with Gasteiger partial charge >= 0.3 is 6.18 Å². The zero-order valence-electron chi connectivity index (χ0n) is 10.3. The fourth-order valence-electron chi connectivity index (χ4n) is 1.96. The molecule has 1 aromatic carbocycles. The molecular weight excluding hydrogens is 227 g/mol. The van der Waals surface area contributed by atoms with Gasteiger partial charge in [-0.3, -0.25) is 0 Å². The van der Waals surface area contributed by atoms with Gasteiger partial charge in [0.1, 0.15) is 0 Å². The van der Waals surface area contributed by atoms with Crippen LogP contribution in [0.25, 0.3) is 0 Å². The number of halogens is 3. The first-order valence-corrected chi connectivity index (χ1v) is 5.68. The van der Waals surface area contributed by atoms with Crippen LogP contribution in [-0.4, -0.2) is 13.6 Å². The lowest BCUT2D eigenvalue weighted by Crippen LogP contribution is -2.22. The first-order chi connectivity index (χ1) is 7.88. The van der Waals surface area contributed by atoms with Crippen molar-refractivity contribution in [3.05, 3.63) is 35.4 Å². The van der Waals surface area contributed by atoms with Crippen molar-refractivity contribution >= 4 is 0 Å². The molecule has 2 unspecified atom stereocenters. The predicted molar refractivity (Wildman–Crippen MR) is 62.9 cm³/mol. The maximum atomic E-state index is 12.8. The molecular formula is C13H18F3N. The first kappa shape index (κ1) is 14.0. The van der Waals surface area contributed by atoms with Gasteiger partial charge in [-0.2, -0.15) is 13.2 Å². The largest absolute Gasteiger partial charge is 0.416 e. The Morgan fingerprint density at radius 1 is 1.18 bits per heavy atom. The molecule has 0 radical (unpaired) electrons. The quantitative estimate of drug-likeness (QED) is 0.853. The van der Waals surface area contributed by atoms with Gasteiger partial charge in [0.25, 0.3) is 0 Å². The number of nitrogens with one attached hydrogen (secondary N) is 1. The highest BCUT2D eigenvalue weighted by Crippen LogP contribution is 2.37. The van der Waals surface area contributed by atoms with E-state index in [1.54, 1.807) is 19.2 Å². The zero-order valence-corrected chi connectivity index (χ0v) is 10.3. The summed E-state index contributed by atoms with van der Waals surface area (Å²) >= 11 is 0. The van der Waals surface area contributed by atoms with E-state index in [0.29, 0.717) is 12.1 Å². The van der Waals surface area contributed by atoms with Crippen LogP contribution in [0.4, 0.5) is 13.2 Å². The summed E-state index contributed by atoms with van der Waals surface area (Å²) in [5, 5.41) is 3.00. The van der Waals surface area contributed by atoms with Gasteiger partial charge in [-0.1, -0.05) is 32.0 Å². The molecule has 0 aliphatic carbocycles. The molecule has 17 heavy (non-hydrogen) atoms. The van der Waals surface area contributed by atoms with Crippen LogP contribution in [-0.2, 0) is 6.18 Å². The summed E-state index contributed by atoms with van der Waals surface area (Å²) in [4.78, 5) is 0. The van der Waals surface area contributed by atoms with E-state index in [9.17, 15) is 13.2 Å². The molecule has 2 atom stereocenters. The van der Waals surface area contributed by atoms with Crippen molar-refractivity contribution in [2.45, 2.75) is 25.9 Å². The van der Waals surface area contributed by atoms with Crippen LogP contribution < -0.4 is 5.32 Å². The third-order valence-electron chi connectivity index (χ3n) is 3.14. The molecule has 0 saturated heterocycles. The second-order valence-electron chi connectivity index (χ2n) is 4.41. The number of benzene rings is 1. The minimum Gasteiger partial charge on any atom is -0.319 e. The Hall–Kier alpha value is -1.03. The maximum absolute atomic E-state index is 12.8. The summed E-state index contributed by atoms with van der Waals surface area (Å²) in [6.45, 7) is 4.49. The number of hydrogen-bond acceptors (Lipinski definition) is 1. The Bertz CT molecular complexity index is 360. The molecule has 1 nitrogen and oxygen atoms in total. The van der Waals surface area contributed by atoms with Gasteiger partial charge in [0.15, 0.2) is 0 Å². The van der Waals surface area contributed by atoms with Crippen molar-refractivity contribution in [3.63, 3.8) is 0 Å². The SMILES string of the molecule is CNCC(C)C(C)c1ccccc1C(F)(F)F. The van der Waals surface area contributed by atoms with Crippen LogP contribution in [0.15, 0.2) is 24.3 Å². The Balaban J connectivity index is 3.05.